The molecule has 0 radical (unpaired) electrons. The quantitative estimate of drug-likeness (QED) is 0.319. The number of nitrogens with one attached hydrogen (secondary N) is 3. The number of carbonyl (C=O) groups is 4. The lowest BCUT2D eigenvalue weighted by Gasteiger charge is -2.48. The topological polar surface area (TPSA) is 193 Å². The standard InChI is InChI=1S/C40H53N5O9S/c1-24-32-27(28-21-26(46)13-14-29(28)41-24)16-17-39(53-32)22-31-33(47)43-40(35(49)44-55(51,52)38(5)19-20-38)18-15-25(40)11-9-7-6-8-10-12-30(34(48)45(31)23-39)42-36(50)54-37(2,3)4/h9,11,13-14,21,25,30-31,46H,6-8,10,12,15-20,22-23H2,1-5H3,(H,42,50)(H,43,47)(H,44,49). The molecule has 5 unspecified atom stereocenters. The largest absolute Gasteiger partial charge is 0.508 e. The summed E-state index contributed by atoms with van der Waals surface area (Å²) in [6.45, 7) is 8.65. The van der Waals surface area contributed by atoms with Gasteiger partial charge >= 0.3 is 6.09 Å². The number of rotatable bonds is 4. The minimum Gasteiger partial charge on any atom is -0.508 e. The number of alkyl carbamates (subject to hydrolysis) is 1. The van der Waals surface area contributed by atoms with E-state index in [1.165, 1.54) is 4.90 Å². The molecule has 1 saturated heterocycles. The van der Waals surface area contributed by atoms with Gasteiger partial charge in [0, 0.05) is 23.3 Å². The van der Waals surface area contributed by atoms with E-state index in [-0.39, 0.29) is 25.1 Å². The van der Waals surface area contributed by atoms with Gasteiger partial charge in [-0.3, -0.25) is 19.1 Å². The van der Waals surface area contributed by atoms with Crippen LogP contribution in [0.15, 0.2) is 30.4 Å². The Balaban J connectivity index is 1.25. The molecule has 7 rings (SSSR count). The summed E-state index contributed by atoms with van der Waals surface area (Å²) < 4.78 is 40.2. The lowest BCUT2D eigenvalue weighted by atomic mass is 9.65. The molecule has 4 heterocycles. The number of sulfonamides is 1. The van der Waals surface area contributed by atoms with Crippen LogP contribution in [-0.4, -0.2) is 87.3 Å². The van der Waals surface area contributed by atoms with Gasteiger partial charge < -0.3 is 30.1 Å². The van der Waals surface area contributed by atoms with Crippen molar-refractivity contribution in [1.82, 2.24) is 25.2 Å². The zero-order valence-corrected chi connectivity index (χ0v) is 33.1. The van der Waals surface area contributed by atoms with Crippen molar-refractivity contribution >= 4 is 44.7 Å². The first kappa shape index (κ1) is 38.9. The molecule has 1 aromatic carbocycles. The Kier molecular flexibility index (Phi) is 9.86. The molecule has 3 aliphatic heterocycles. The highest BCUT2D eigenvalue weighted by atomic mass is 32.2. The third-order valence-corrected chi connectivity index (χ3v) is 14.3. The summed E-state index contributed by atoms with van der Waals surface area (Å²) in [4.78, 5) is 62.9. The number of phenols is 1. The van der Waals surface area contributed by atoms with Gasteiger partial charge in [0.05, 0.1) is 22.5 Å². The third-order valence-electron chi connectivity index (χ3n) is 12.1. The van der Waals surface area contributed by atoms with Gasteiger partial charge in [0.1, 0.15) is 40.3 Å². The fourth-order valence-electron chi connectivity index (χ4n) is 8.50. The number of carbonyl (C=O) groups excluding carboxylic acids is 4. The zero-order chi connectivity index (χ0) is 39.6. The van der Waals surface area contributed by atoms with Crippen LogP contribution in [0.4, 0.5) is 4.79 Å². The smallest absolute Gasteiger partial charge is 0.408 e. The lowest BCUT2D eigenvalue weighted by molar-refractivity contribution is -0.144. The van der Waals surface area contributed by atoms with Crippen molar-refractivity contribution < 1.29 is 42.2 Å². The van der Waals surface area contributed by atoms with Crippen LogP contribution >= 0.6 is 0 Å². The van der Waals surface area contributed by atoms with Crippen molar-refractivity contribution in [3.8, 4) is 11.5 Å². The molecule has 1 spiro atoms. The molecule has 2 saturated carbocycles. The number of benzene rings is 1. The second-order valence-corrected chi connectivity index (χ2v) is 19.6. The van der Waals surface area contributed by atoms with Crippen molar-refractivity contribution in [3.63, 3.8) is 0 Å². The van der Waals surface area contributed by atoms with Gasteiger partial charge in [-0.2, -0.15) is 0 Å². The molecule has 5 atom stereocenters. The molecule has 3 fully saturated rings. The van der Waals surface area contributed by atoms with Gasteiger partial charge in [0.25, 0.3) is 5.91 Å². The van der Waals surface area contributed by atoms with E-state index in [9.17, 15) is 32.7 Å². The maximum atomic E-state index is 14.8. The second kappa shape index (κ2) is 14.0. The minimum atomic E-state index is -4.01. The Labute approximate surface area is 322 Å². The van der Waals surface area contributed by atoms with E-state index in [4.69, 9.17) is 14.5 Å². The van der Waals surface area contributed by atoms with E-state index in [1.807, 2.05) is 19.1 Å². The average Bonchev–Trinajstić information content (AvgIpc) is 3.76. The molecule has 55 heavy (non-hydrogen) atoms. The molecule has 2 aromatic rings. The number of nitrogens with zero attached hydrogens (tertiary/aromatic N) is 2. The molecule has 298 valence electrons. The Hall–Kier alpha value is -4.40. The minimum absolute atomic E-state index is 0.0165. The van der Waals surface area contributed by atoms with Crippen LogP contribution in [0, 0.1) is 12.8 Å². The molecule has 4 amide bonds. The van der Waals surface area contributed by atoms with Crippen LogP contribution in [-0.2, 0) is 35.6 Å². The maximum Gasteiger partial charge on any atom is 0.408 e. The van der Waals surface area contributed by atoms with E-state index < -0.39 is 73.3 Å². The molecule has 1 aromatic heterocycles. The van der Waals surface area contributed by atoms with Crippen molar-refractivity contribution in [1.29, 1.82) is 0 Å². The van der Waals surface area contributed by atoms with E-state index in [1.54, 1.807) is 45.9 Å². The summed E-state index contributed by atoms with van der Waals surface area (Å²) in [6, 6.07) is 2.86. The van der Waals surface area contributed by atoms with Gasteiger partial charge in [0.2, 0.25) is 21.8 Å². The molecule has 0 bridgehead atoms. The maximum absolute atomic E-state index is 14.8. The van der Waals surface area contributed by atoms with Crippen LogP contribution in [0.1, 0.15) is 110 Å². The number of pyridine rings is 1. The lowest BCUT2D eigenvalue weighted by Crippen LogP contribution is -2.70. The van der Waals surface area contributed by atoms with Crippen molar-refractivity contribution in [2.45, 2.75) is 145 Å². The molecule has 15 heteroatoms. The van der Waals surface area contributed by atoms with Crippen LogP contribution in [0.5, 0.6) is 11.5 Å². The predicted octanol–water partition coefficient (Wildman–Crippen LogP) is 4.59. The second-order valence-electron chi connectivity index (χ2n) is 17.4. The number of amides is 4. The highest BCUT2D eigenvalue weighted by molar-refractivity contribution is 7.91. The van der Waals surface area contributed by atoms with Gasteiger partial charge in [-0.05, 0) is 111 Å². The third kappa shape index (κ3) is 7.48. The summed E-state index contributed by atoms with van der Waals surface area (Å²) >= 11 is 0. The highest BCUT2D eigenvalue weighted by Gasteiger charge is 2.59. The number of hydrogen-bond acceptors (Lipinski definition) is 10. The summed E-state index contributed by atoms with van der Waals surface area (Å²) in [5, 5.41) is 16.8. The molecular weight excluding hydrogens is 727 g/mol. The van der Waals surface area contributed by atoms with Crippen LogP contribution in [0.3, 0.4) is 0 Å². The van der Waals surface area contributed by atoms with Crippen LogP contribution in [0.25, 0.3) is 10.9 Å². The molecule has 14 nitrogen and oxygen atoms in total. The molecule has 4 N–H and O–H groups in total. The van der Waals surface area contributed by atoms with Crippen molar-refractivity contribution in [2.24, 2.45) is 5.92 Å². The molecular formula is C40H53N5O9S. The molecule has 5 aliphatic rings. The number of ether oxygens (including phenoxy) is 2. The van der Waals surface area contributed by atoms with E-state index in [0.717, 1.165) is 23.8 Å². The van der Waals surface area contributed by atoms with Gasteiger partial charge in [-0.25, -0.2) is 18.2 Å². The summed E-state index contributed by atoms with van der Waals surface area (Å²) in [7, 11) is -4.01. The van der Waals surface area contributed by atoms with Gasteiger partial charge in [0.15, 0.2) is 0 Å². The SMILES string of the molecule is Cc1nc2ccc(O)cc2c2c1OC1(CC2)CC2C(=O)NC3(C(=O)NS(=O)(=O)C4(C)CC4)CCC3C=CCCCCCC(NC(=O)OC(C)(C)C)C(=O)N2C1. The Morgan fingerprint density at radius 1 is 1.09 bits per heavy atom. The number of hydrogen-bond donors (Lipinski definition) is 4. The number of fused-ring (bicyclic) bond motifs is 5. The predicted molar refractivity (Wildman–Crippen MR) is 204 cm³/mol. The van der Waals surface area contributed by atoms with E-state index in [2.05, 4.69) is 15.4 Å². The zero-order valence-electron chi connectivity index (χ0n) is 32.3. The monoisotopic (exact) mass is 779 g/mol. The van der Waals surface area contributed by atoms with E-state index in [0.29, 0.717) is 68.3 Å². The van der Waals surface area contributed by atoms with Gasteiger partial charge in [-0.15, -0.1) is 0 Å². The van der Waals surface area contributed by atoms with Crippen LogP contribution < -0.4 is 20.1 Å². The van der Waals surface area contributed by atoms with Gasteiger partial charge in [-0.1, -0.05) is 25.0 Å². The van der Waals surface area contributed by atoms with Crippen LogP contribution in [0.2, 0.25) is 0 Å². The first-order valence-corrected chi connectivity index (χ1v) is 21.0. The molecule has 2 aliphatic carbocycles. The van der Waals surface area contributed by atoms with Crippen molar-refractivity contribution in [3.05, 3.63) is 41.6 Å². The Morgan fingerprint density at radius 3 is 2.55 bits per heavy atom. The Morgan fingerprint density at radius 2 is 1.85 bits per heavy atom. The number of aromatic hydroxyl groups is 1. The highest BCUT2D eigenvalue weighted by Crippen LogP contribution is 2.47. The number of phenolic OH excluding ortho intramolecular Hbond substituents is 1. The normalized spacial score (nSPS) is 29.3. The number of allylic oxidation sites excluding steroid dienone is 1. The summed E-state index contributed by atoms with van der Waals surface area (Å²) in [6.07, 6.45) is 8.99. The summed E-state index contributed by atoms with van der Waals surface area (Å²) in [5.74, 6) is -1.69. The number of aryl methyl sites for hydroxylation is 2. The average molecular weight is 780 g/mol. The Bertz CT molecular complexity index is 2060. The first-order valence-electron chi connectivity index (χ1n) is 19.5. The van der Waals surface area contributed by atoms with E-state index >= 15 is 0 Å². The number of aromatic nitrogens is 1. The summed E-state index contributed by atoms with van der Waals surface area (Å²) in [5.41, 5.74) is -1.17. The first-order chi connectivity index (χ1) is 25.8. The fourth-order valence-corrected chi connectivity index (χ4v) is 9.81. The fraction of sp³-hybridized carbons (Fsp3) is 0.625. The van der Waals surface area contributed by atoms with Crippen molar-refractivity contribution in [2.75, 3.05) is 6.54 Å².